The van der Waals surface area contributed by atoms with Crippen LogP contribution in [-0.2, 0) is 0 Å². The summed E-state index contributed by atoms with van der Waals surface area (Å²) in [5.41, 5.74) is 15.7. The largest absolute Gasteiger partial charge is 0.488 e. The summed E-state index contributed by atoms with van der Waals surface area (Å²) in [6.07, 6.45) is 0. The number of hydrogen-bond donors (Lipinski definition) is 2. The summed E-state index contributed by atoms with van der Waals surface area (Å²) in [6, 6.07) is 88.9. The van der Waals surface area contributed by atoms with E-state index in [1.165, 1.54) is 80.8 Å². The van der Waals surface area contributed by atoms with E-state index in [1.807, 2.05) is 60.7 Å². The van der Waals surface area contributed by atoms with Gasteiger partial charge >= 0.3 is 7.12 Å². The molecule has 0 amide bonds. The van der Waals surface area contributed by atoms with Gasteiger partial charge in [-0.15, -0.1) is 0 Å². The highest BCUT2D eigenvalue weighted by Gasteiger charge is 2.20. The first-order valence-corrected chi connectivity index (χ1v) is 28.2. The minimum Gasteiger partial charge on any atom is -0.423 e. The molecule has 10 heteroatoms. The van der Waals surface area contributed by atoms with Gasteiger partial charge in [0.25, 0.3) is 0 Å². The minimum atomic E-state index is -1.46. The van der Waals surface area contributed by atoms with Gasteiger partial charge in [0.2, 0.25) is 0 Å². The molecule has 0 saturated heterocycles. The van der Waals surface area contributed by atoms with Crippen LogP contribution < -0.4 is 5.46 Å². The van der Waals surface area contributed by atoms with Crippen LogP contribution in [0.15, 0.2) is 268 Å². The van der Waals surface area contributed by atoms with E-state index < -0.39 is 7.12 Å². The molecule has 2 N–H and O–H groups in total. The molecule has 0 spiro atoms. The number of para-hydroxylation sites is 6. The Morgan fingerprint density at radius 3 is 1.12 bits per heavy atom. The summed E-state index contributed by atoms with van der Waals surface area (Å²) in [4.78, 5) is 0. The van der Waals surface area contributed by atoms with Gasteiger partial charge in [0.15, 0.2) is 0 Å². The predicted molar refractivity (Wildman–Crippen MR) is 346 cm³/mol. The average molecular weight is 1300 g/mol. The normalized spacial score (nSPS) is 11.1. The van der Waals surface area contributed by atoms with E-state index in [-0.39, 0.29) is 7.43 Å². The Bertz CT molecular complexity index is 4420. The highest BCUT2D eigenvalue weighted by Crippen LogP contribution is 2.43. The molecule has 0 aliphatic heterocycles. The lowest BCUT2D eigenvalue weighted by Gasteiger charge is -2.14. The van der Waals surface area contributed by atoms with Gasteiger partial charge < -0.3 is 23.7 Å². The highest BCUT2D eigenvalue weighted by molar-refractivity contribution is 14.1. The highest BCUT2D eigenvalue weighted by atomic mass is 127. The lowest BCUT2D eigenvalue weighted by Crippen LogP contribution is -2.29. The predicted octanol–water partition coefficient (Wildman–Crippen LogP) is 18.9. The van der Waals surface area contributed by atoms with Gasteiger partial charge in [-0.1, -0.05) is 175 Å². The van der Waals surface area contributed by atoms with Gasteiger partial charge in [0.05, 0.1) is 33.1 Å². The molecular formula is C67H48BBr3IN3O2. The SMILES string of the molecule is Brc1cccc(-c2ccc3c(c2)c2ccccc2n3-c2ccccc2)c1-c1ccc2c(c1)c1ccccc1n2-c1ccccc1.Brc1cccc(Br)c1I.C.OB(O)c1ccc2c(c1)c1ccccc1n2-c1ccccc1. The van der Waals surface area contributed by atoms with Crippen molar-refractivity contribution in [2.24, 2.45) is 0 Å². The molecule has 0 bridgehead atoms. The number of rotatable bonds is 6. The number of fused-ring (bicyclic) bond motifs is 9. The number of nitrogens with zero attached hydrogens (tertiary/aromatic N) is 3. The molecule has 0 radical (unpaired) electrons. The third-order valence-electron chi connectivity index (χ3n) is 13.9. The van der Waals surface area contributed by atoms with E-state index in [2.05, 4.69) is 272 Å². The Morgan fingerprint density at radius 1 is 0.325 bits per heavy atom. The van der Waals surface area contributed by atoms with E-state index in [0.717, 1.165) is 40.9 Å². The van der Waals surface area contributed by atoms with E-state index in [4.69, 9.17) is 0 Å². The fraction of sp³-hybridized carbons (Fsp3) is 0.0149. The second kappa shape index (κ2) is 22.5. The quantitative estimate of drug-likeness (QED) is 0.0990. The maximum Gasteiger partial charge on any atom is 0.488 e. The van der Waals surface area contributed by atoms with Crippen LogP contribution in [0, 0.1) is 3.57 Å². The summed E-state index contributed by atoms with van der Waals surface area (Å²) in [5.74, 6) is 0. The number of hydrogen-bond acceptors (Lipinski definition) is 2. The summed E-state index contributed by atoms with van der Waals surface area (Å²) < 4.78 is 11.5. The van der Waals surface area contributed by atoms with Crippen LogP contribution in [0.2, 0.25) is 0 Å². The van der Waals surface area contributed by atoms with Gasteiger partial charge in [-0.2, -0.15) is 0 Å². The lowest BCUT2D eigenvalue weighted by molar-refractivity contribution is 0.426. The van der Waals surface area contributed by atoms with Gasteiger partial charge in [0.1, 0.15) is 0 Å². The fourth-order valence-electron chi connectivity index (χ4n) is 10.5. The number of aromatic nitrogens is 3. The molecule has 11 aromatic carbocycles. The minimum absolute atomic E-state index is 0. The van der Waals surface area contributed by atoms with Crippen molar-refractivity contribution in [3.8, 4) is 39.3 Å². The summed E-state index contributed by atoms with van der Waals surface area (Å²) in [6.45, 7) is 0. The topological polar surface area (TPSA) is 55.2 Å². The zero-order valence-electron chi connectivity index (χ0n) is 40.6. The van der Waals surface area contributed by atoms with Gasteiger partial charge in [-0.05, 0) is 180 Å². The first-order valence-electron chi connectivity index (χ1n) is 24.7. The standard InChI is InChI=1S/C42H27BrN2.C18H14BNO2.C6H3Br2I.CH4/c43-37-19-11-18-32(28-22-24-40-35(26-28)33-16-7-9-20-38(33)44(40)30-12-3-1-4-13-30)42(37)29-23-25-41-36(27-29)34-17-8-10-21-39(34)45(41)31-14-5-2-6-15-31;21-19(22)13-10-11-18-16(12-13)15-8-4-5-9-17(15)20(18)14-6-2-1-3-7-14;7-4-2-1-3-5(8)6(4)9;/h1-27H;1-12,21-22H;1-3H;1H4. The third-order valence-corrected chi connectivity index (χ3v) is 18.5. The van der Waals surface area contributed by atoms with Crippen molar-refractivity contribution >= 4 is 148 Å². The molecule has 5 nitrogen and oxygen atoms in total. The van der Waals surface area contributed by atoms with Gasteiger partial charge in [-0.25, -0.2) is 0 Å². The summed E-state index contributed by atoms with van der Waals surface area (Å²) in [7, 11) is -1.46. The van der Waals surface area contributed by atoms with Gasteiger partial charge in [-0.3, -0.25) is 0 Å². The molecule has 0 atom stereocenters. The molecule has 0 saturated carbocycles. The van der Waals surface area contributed by atoms with Crippen LogP contribution in [0.5, 0.6) is 0 Å². The van der Waals surface area contributed by atoms with Crippen LogP contribution in [-0.4, -0.2) is 30.9 Å². The van der Waals surface area contributed by atoms with Crippen LogP contribution in [0.3, 0.4) is 0 Å². The molecule has 0 fully saturated rings. The zero-order valence-corrected chi connectivity index (χ0v) is 47.5. The Morgan fingerprint density at radius 2 is 0.675 bits per heavy atom. The van der Waals surface area contributed by atoms with Crippen molar-refractivity contribution in [3.63, 3.8) is 0 Å². The van der Waals surface area contributed by atoms with E-state index >= 15 is 0 Å². The second-order valence-corrected chi connectivity index (χ2v) is 22.0. The first kappa shape index (κ1) is 52.0. The molecule has 0 aliphatic carbocycles. The molecular weight excluding hydrogens is 1260 g/mol. The maximum absolute atomic E-state index is 9.43. The van der Waals surface area contributed by atoms with E-state index in [0.29, 0.717) is 5.46 Å². The van der Waals surface area contributed by atoms with Crippen molar-refractivity contribution in [2.75, 3.05) is 0 Å². The van der Waals surface area contributed by atoms with Crippen molar-refractivity contribution in [1.29, 1.82) is 0 Å². The van der Waals surface area contributed by atoms with Crippen LogP contribution in [0.4, 0.5) is 0 Å². The number of halogens is 4. The van der Waals surface area contributed by atoms with E-state index in [9.17, 15) is 10.0 Å². The second-order valence-electron chi connectivity index (χ2n) is 18.4. The van der Waals surface area contributed by atoms with Gasteiger partial charge in [0, 0.05) is 71.9 Å². The Labute approximate surface area is 486 Å². The lowest BCUT2D eigenvalue weighted by atomic mass is 9.80. The van der Waals surface area contributed by atoms with Crippen molar-refractivity contribution in [1.82, 2.24) is 13.7 Å². The smallest absolute Gasteiger partial charge is 0.423 e. The van der Waals surface area contributed by atoms with Crippen molar-refractivity contribution in [3.05, 3.63) is 272 Å². The monoisotopic (exact) mass is 1300 g/mol. The number of benzene rings is 11. The first-order chi connectivity index (χ1) is 37.2. The molecule has 3 heterocycles. The van der Waals surface area contributed by atoms with Crippen LogP contribution in [0.1, 0.15) is 7.43 Å². The Balaban J connectivity index is 0.000000163. The summed E-state index contributed by atoms with van der Waals surface area (Å²) in [5, 5.41) is 26.0. The third kappa shape index (κ3) is 9.88. The average Bonchev–Trinajstić information content (AvgIpc) is 4.23. The molecule has 14 rings (SSSR count). The summed E-state index contributed by atoms with van der Waals surface area (Å²) >= 11 is 13.0. The molecule has 0 unspecified atom stereocenters. The Hall–Kier alpha value is -7.03. The van der Waals surface area contributed by atoms with Crippen LogP contribution in [0.25, 0.3) is 105 Å². The molecule has 3 aromatic heterocycles. The van der Waals surface area contributed by atoms with Crippen LogP contribution >= 0.6 is 70.4 Å². The van der Waals surface area contributed by atoms with E-state index in [1.54, 1.807) is 6.07 Å². The molecule has 14 aromatic rings. The molecule has 374 valence electrons. The molecule has 77 heavy (non-hydrogen) atoms. The fourth-order valence-corrected chi connectivity index (χ4v) is 12.5. The maximum atomic E-state index is 9.43. The zero-order chi connectivity index (χ0) is 51.9. The Kier molecular flexibility index (Phi) is 15.2. The molecule has 0 aliphatic rings. The van der Waals surface area contributed by atoms with Crippen molar-refractivity contribution < 1.29 is 10.0 Å². The van der Waals surface area contributed by atoms with Crippen molar-refractivity contribution in [2.45, 2.75) is 7.43 Å².